The number of alkyl carbamates (subject to hydrolysis) is 1. The summed E-state index contributed by atoms with van der Waals surface area (Å²) < 4.78 is 5.14. The molecule has 0 saturated heterocycles. The van der Waals surface area contributed by atoms with Crippen molar-refractivity contribution >= 4 is 34.4 Å². The fourth-order valence-corrected chi connectivity index (χ4v) is 3.28. The second-order valence-corrected chi connectivity index (χ2v) is 8.64. The first-order valence-electron chi connectivity index (χ1n) is 10.8. The number of hydrogen-bond donors (Lipinski definition) is 3. The van der Waals surface area contributed by atoms with Crippen LogP contribution in [0.25, 0.3) is 10.8 Å². The van der Waals surface area contributed by atoms with Crippen LogP contribution in [0.5, 0.6) is 0 Å². The van der Waals surface area contributed by atoms with Gasteiger partial charge in [0.1, 0.15) is 5.60 Å². The van der Waals surface area contributed by atoms with Gasteiger partial charge in [-0.05, 0) is 55.3 Å². The Morgan fingerprint density at radius 1 is 0.879 bits per heavy atom. The number of nitrogens with one attached hydrogen (secondary N) is 3. The van der Waals surface area contributed by atoms with Crippen LogP contribution in [0, 0.1) is 0 Å². The normalized spacial score (nSPS) is 11.0. The molecule has 0 bridgehead atoms. The third-order valence-corrected chi connectivity index (χ3v) is 4.72. The van der Waals surface area contributed by atoms with E-state index in [9.17, 15) is 14.4 Å². The number of rotatable bonds is 7. The van der Waals surface area contributed by atoms with Gasteiger partial charge in [0, 0.05) is 30.8 Å². The highest BCUT2D eigenvalue weighted by molar-refractivity contribution is 6.07. The first-order valence-corrected chi connectivity index (χ1v) is 10.8. The second-order valence-electron chi connectivity index (χ2n) is 8.64. The van der Waals surface area contributed by atoms with Gasteiger partial charge in [-0.1, -0.05) is 48.5 Å². The predicted octanol–water partition coefficient (Wildman–Crippen LogP) is 4.62. The summed E-state index contributed by atoms with van der Waals surface area (Å²) in [7, 11) is 0. The SMILES string of the molecule is CC(C)(C)OC(=O)NCCC(=O)Nc1cccc(CNC(=O)c2cccc3ccccc23)c1. The highest BCUT2D eigenvalue weighted by Gasteiger charge is 2.16. The molecule has 0 aliphatic heterocycles. The summed E-state index contributed by atoms with van der Waals surface area (Å²) in [5, 5.41) is 10.2. The number of anilines is 1. The maximum absolute atomic E-state index is 12.7. The minimum absolute atomic E-state index is 0.112. The number of amides is 3. The summed E-state index contributed by atoms with van der Waals surface area (Å²) in [6.45, 7) is 5.82. The lowest BCUT2D eigenvalue weighted by Gasteiger charge is -2.19. The summed E-state index contributed by atoms with van der Waals surface area (Å²) in [5.41, 5.74) is 1.51. The van der Waals surface area contributed by atoms with Crippen molar-refractivity contribution in [2.45, 2.75) is 39.3 Å². The lowest BCUT2D eigenvalue weighted by atomic mass is 10.0. The molecule has 3 aromatic carbocycles. The van der Waals surface area contributed by atoms with Gasteiger partial charge in [0.25, 0.3) is 5.91 Å². The smallest absolute Gasteiger partial charge is 0.407 e. The quantitative estimate of drug-likeness (QED) is 0.492. The van der Waals surface area contributed by atoms with E-state index >= 15 is 0 Å². The molecule has 0 unspecified atom stereocenters. The molecular formula is C26H29N3O4. The molecule has 0 heterocycles. The lowest BCUT2D eigenvalue weighted by molar-refractivity contribution is -0.116. The van der Waals surface area contributed by atoms with Crippen LogP contribution in [0.3, 0.4) is 0 Å². The van der Waals surface area contributed by atoms with Crippen LogP contribution in [0.4, 0.5) is 10.5 Å². The Kier molecular flexibility index (Phi) is 7.66. The number of fused-ring (bicyclic) bond motifs is 1. The standard InChI is InChI=1S/C26H29N3O4/c1-26(2,3)33-25(32)27-15-14-23(30)29-20-11-6-8-18(16-20)17-28-24(31)22-13-7-10-19-9-4-5-12-21(19)22/h4-13,16H,14-15,17H2,1-3H3,(H,27,32)(H,28,31)(H,29,30). The van der Waals surface area contributed by atoms with Crippen LogP contribution in [-0.2, 0) is 16.1 Å². The summed E-state index contributed by atoms with van der Waals surface area (Å²) in [6, 6.07) is 20.7. The molecule has 3 N–H and O–H groups in total. The summed E-state index contributed by atoms with van der Waals surface area (Å²) in [5.74, 6) is -0.391. The van der Waals surface area contributed by atoms with Crippen LogP contribution in [0.1, 0.15) is 43.1 Å². The lowest BCUT2D eigenvalue weighted by Crippen LogP contribution is -2.34. The highest BCUT2D eigenvalue weighted by atomic mass is 16.6. The molecule has 0 aliphatic carbocycles. The van der Waals surface area contributed by atoms with Crippen molar-refractivity contribution in [2.75, 3.05) is 11.9 Å². The molecule has 0 aliphatic rings. The van der Waals surface area contributed by atoms with Crippen molar-refractivity contribution in [3.63, 3.8) is 0 Å². The van der Waals surface area contributed by atoms with E-state index in [1.807, 2.05) is 54.6 Å². The molecule has 0 spiro atoms. The Morgan fingerprint density at radius 3 is 2.39 bits per heavy atom. The summed E-state index contributed by atoms with van der Waals surface area (Å²) >= 11 is 0. The van der Waals surface area contributed by atoms with Gasteiger partial charge < -0.3 is 20.7 Å². The van der Waals surface area contributed by atoms with Crippen molar-refractivity contribution in [3.05, 3.63) is 77.9 Å². The van der Waals surface area contributed by atoms with E-state index in [-0.39, 0.29) is 24.8 Å². The van der Waals surface area contributed by atoms with Gasteiger partial charge in [-0.25, -0.2) is 4.79 Å². The second kappa shape index (κ2) is 10.6. The number of carbonyl (C=O) groups excluding carboxylic acids is 3. The van der Waals surface area contributed by atoms with E-state index in [1.54, 1.807) is 32.9 Å². The predicted molar refractivity (Wildman–Crippen MR) is 129 cm³/mol. The van der Waals surface area contributed by atoms with Gasteiger partial charge in [0.05, 0.1) is 0 Å². The van der Waals surface area contributed by atoms with E-state index < -0.39 is 11.7 Å². The van der Waals surface area contributed by atoms with Gasteiger partial charge in [-0.2, -0.15) is 0 Å². The fourth-order valence-electron chi connectivity index (χ4n) is 3.28. The zero-order valence-corrected chi connectivity index (χ0v) is 19.1. The van der Waals surface area contributed by atoms with Crippen LogP contribution in [-0.4, -0.2) is 30.1 Å². The van der Waals surface area contributed by atoms with Crippen LogP contribution in [0.15, 0.2) is 66.7 Å². The number of carbonyl (C=O) groups is 3. The zero-order chi connectivity index (χ0) is 23.8. The Labute approximate surface area is 193 Å². The molecule has 7 nitrogen and oxygen atoms in total. The van der Waals surface area contributed by atoms with E-state index in [2.05, 4.69) is 16.0 Å². The maximum atomic E-state index is 12.7. The Hall–Kier alpha value is -3.87. The van der Waals surface area contributed by atoms with E-state index in [1.165, 1.54) is 0 Å². The summed E-state index contributed by atoms with van der Waals surface area (Å²) in [4.78, 5) is 36.6. The van der Waals surface area contributed by atoms with Crippen LogP contribution < -0.4 is 16.0 Å². The van der Waals surface area contributed by atoms with Crippen LogP contribution in [0.2, 0.25) is 0 Å². The molecule has 3 rings (SSSR count). The number of benzene rings is 3. The van der Waals surface area contributed by atoms with Crippen LogP contribution >= 0.6 is 0 Å². The molecule has 7 heteroatoms. The first kappa shape index (κ1) is 23.8. The maximum Gasteiger partial charge on any atom is 0.407 e. The molecule has 172 valence electrons. The minimum Gasteiger partial charge on any atom is -0.444 e. The van der Waals surface area contributed by atoms with Crippen molar-refractivity contribution in [2.24, 2.45) is 0 Å². The Balaban J connectivity index is 1.51. The average Bonchev–Trinajstić information content (AvgIpc) is 2.76. The Morgan fingerprint density at radius 2 is 1.61 bits per heavy atom. The van der Waals surface area contributed by atoms with Gasteiger partial charge in [-0.3, -0.25) is 9.59 Å². The van der Waals surface area contributed by atoms with Gasteiger partial charge >= 0.3 is 6.09 Å². The molecule has 0 radical (unpaired) electrons. The molecule has 33 heavy (non-hydrogen) atoms. The minimum atomic E-state index is -0.587. The molecule has 0 fully saturated rings. The van der Waals surface area contributed by atoms with Crippen molar-refractivity contribution in [3.8, 4) is 0 Å². The van der Waals surface area contributed by atoms with E-state index in [0.29, 0.717) is 17.8 Å². The van der Waals surface area contributed by atoms with Gasteiger partial charge in [0.2, 0.25) is 5.91 Å². The number of hydrogen-bond acceptors (Lipinski definition) is 4. The monoisotopic (exact) mass is 447 g/mol. The number of ether oxygens (including phenoxy) is 1. The molecular weight excluding hydrogens is 418 g/mol. The Bertz CT molecular complexity index is 1150. The average molecular weight is 448 g/mol. The van der Waals surface area contributed by atoms with E-state index in [0.717, 1.165) is 16.3 Å². The fraction of sp³-hybridized carbons (Fsp3) is 0.269. The van der Waals surface area contributed by atoms with Crippen molar-refractivity contribution in [1.29, 1.82) is 0 Å². The zero-order valence-electron chi connectivity index (χ0n) is 19.1. The topological polar surface area (TPSA) is 96.5 Å². The highest BCUT2D eigenvalue weighted by Crippen LogP contribution is 2.18. The molecule has 3 aromatic rings. The third-order valence-electron chi connectivity index (χ3n) is 4.72. The first-order chi connectivity index (χ1) is 15.7. The molecule has 3 amide bonds. The van der Waals surface area contributed by atoms with Crippen molar-refractivity contribution in [1.82, 2.24) is 10.6 Å². The summed E-state index contributed by atoms with van der Waals surface area (Å²) in [6.07, 6.45) is -0.444. The van der Waals surface area contributed by atoms with Crippen molar-refractivity contribution < 1.29 is 19.1 Å². The largest absolute Gasteiger partial charge is 0.444 e. The van der Waals surface area contributed by atoms with Gasteiger partial charge in [-0.15, -0.1) is 0 Å². The molecule has 0 atom stereocenters. The molecule has 0 aromatic heterocycles. The van der Waals surface area contributed by atoms with E-state index in [4.69, 9.17) is 4.74 Å². The third kappa shape index (κ3) is 7.35. The van der Waals surface area contributed by atoms with Gasteiger partial charge in [0.15, 0.2) is 0 Å². The molecule has 0 saturated carbocycles.